The van der Waals surface area contributed by atoms with Crippen LogP contribution in [0.25, 0.3) is 27.6 Å². The number of carbonyl (C=O) groups excluding carboxylic acids is 1. The Kier molecular flexibility index (Phi) is 6.51. The third-order valence-electron chi connectivity index (χ3n) is 6.90. The number of fused-ring (bicyclic) bond motifs is 3. The minimum atomic E-state index is -0.206. The highest BCUT2D eigenvalue weighted by atomic mass is 32.2. The lowest BCUT2D eigenvalue weighted by Gasteiger charge is -2.36. The van der Waals surface area contributed by atoms with E-state index in [4.69, 9.17) is 9.72 Å². The number of aromatic amines is 1. The number of ether oxygens (including phenoxy) is 1. The van der Waals surface area contributed by atoms with Crippen molar-refractivity contribution in [2.45, 2.75) is 5.16 Å². The van der Waals surface area contributed by atoms with Crippen molar-refractivity contribution in [3.05, 3.63) is 89.2 Å². The summed E-state index contributed by atoms with van der Waals surface area (Å²) in [6.07, 6.45) is 0. The van der Waals surface area contributed by atoms with E-state index in [-0.39, 0.29) is 17.2 Å². The third-order valence-corrected chi connectivity index (χ3v) is 7.83. The Morgan fingerprint density at radius 1 is 0.921 bits per heavy atom. The molecule has 6 rings (SSSR count). The second kappa shape index (κ2) is 10.3. The van der Waals surface area contributed by atoms with Crippen LogP contribution >= 0.6 is 11.8 Å². The standard InChI is InChI=1S/C29H27N5O3S/c1-37-22-13-11-21(12-14-22)34-28(36)27-26(23-9-5-6-10-24(23)30-27)31-29(34)38-19-25(35)33-17-15-32(16-18-33)20-7-3-2-4-8-20/h2-14,30H,15-19H2,1H3. The molecule has 0 bridgehead atoms. The number of nitrogens with one attached hydrogen (secondary N) is 1. The highest BCUT2D eigenvalue weighted by Gasteiger charge is 2.23. The van der Waals surface area contributed by atoms with E-state index in [0.29, 0.717) is 40.7 Å². The van der Waals surface area contributed by atoms with Crippen molar-refractivity contribution in [1.82, 2.24) is 19.4 Å². The molecular weight excluding hydrogens is 498 g/mol. The molecule has 1 saturated heterocycles. The van der Waals surface area contributed by atoms with Crippen LogP contribution in [0.5, 0.6) is 5.75 Å². The van der Waals surface area contributed by atoms with Crippen molar-refractivity contribution in [3.8, 4) is 11.4 Å². The number of hydrogen-bond donors (Lipinski definition) is 1. The van der Waals surface area contributed by atoms with E-state index in [0.717, 1.165) is 24.0 Å². The number of para-hydroxylation sites is 2. The Balaban J connectivity index is 1.28. The summed E-state index contributed by atoms with van der Waals surface area (Å²) >= 11 is 1.29. The highest BCUT2D eigenvalue weighted by Crippen LogP contribution is 2.27. The van der Waals surface area contributed by atoms with Gasteiger partial charge < -0.3 is 19.5 Å². The monoisotopic (exact) mass is 525 g/mol. The van der Waals surface area contributed by atoms with Gasteiger partial charge in [0.1, 0.15) is 16.8 Å². The zero-order valence-corrected chi connectivity index (χ0v) is 21.8. The molecule has 3 heterocycles. The molecular formula is C29H27N5O3S. The molecule has 192 valence electrons. The number of amides is 1. The topological polar surface area (TPSA) is 83.5 Å². The Morgan fingerprint density at radius 3 is 2.37 bits per heavy atom. The minimum absolute atomic E-state index is 0.0391. The van der Waals surface area contributed by atoms with Gasteiger partial charge in [-0.1, -0.05) is 48.2 Å². The molecule has 0 saturated carbocycles. The van der Waals surface area contributed by atoms with Gasteiger partial charge in [-0.15, -0.1) is 0 Å². The fourth-order valence-electron chi connectivity index (χ4n) is 4.87. The SMILES string of the molecule is COc1ccc(-n2c(SCC(=O)N3CCN(c4ccccc4)CC3)nc3c([nH]c4ccccc43)c2=O)cc1. The first-order valence-corrected chi connectivity index (χ1v) is 13.5. The number of carbonyl (C=O) groups is 1. The summed E-state index contributed by atoms with van der Waals surface area (Å²) in [6, 6.07) is 25.3. The van der Waals surface area contributed by atoms with Crippen LogP contribution in [0.3, 0.4) is 0 Å². The van der Waals surface area contributed by atoms with Gasteiger partial charge in [0, 0.05) is 42.8 Å². The minimum Gasteiger partial charge on any atom is -0.497 e. The number of H-pyrrole nitrogens is 1. The van der Waals surface area contributed by atoms with Crippen LogP contribution in [0.15, 0.2) is 88.8 Å². The second-order valence-electron chi connectivity index (χ2n) is 9.12. The van der Waals surface area contributed by atoms with Gasteiger partial charge in [-0.3, -0.25) is 14.2 Å². The molecule has 8 nitrogen and oxygen atoms in total. The zero-order chi connectivity index (χ0) is 26.1. The normalized spacial score (nSPS) is 13.8. The number of rotatable bonds is 6. The maximum Gasteiger partial charge on any atom is 0.283 e. The second-order valence-corrected chi connectivity index (χ2v) is 10.1. The van der Waals surface area contributed by atoms with E-state index in [1.165, 1.54) is 17.4 Å². The highest BCUT2D eigenvalue weighted by molar-refractivity contribution is 7.99. The van der Waals surface area contributed by atoms with Crippen LogP contribution in [0.1, 0.15) is 0 Å². The molecule has 2 aromatic heterocycles. The number of aromatic nitrogens is 3. The number of anilines is 1. The smallest absolute Gasteiger partial charge is 0.283 e. The van der Waals surface area contributed by atoms with Crippen LogP contribution in [-0.4, -0.2) is 64.4 Å². The molecule has 38 heavy (non-hydrogen) atoms. The fourth-order valence-corrected chi connectivity index (χ4v) is 5.78. The quantitative estimate of drug-likeness (QED) is 0.263. The van der Waals surface area contributed by atoms with Crippen LogP contribution in [0.4, 0.5) is 5.69 Å². The van der Waals surface area contributed by atoms with E-state index in [1.54, 1.807) is 11.7 Å². The van der Waals surface area contributed by atoms with E-state index in [2.05, 4.69) is 22.0 Å². The predicted molar refractivity (Wildman–Crippen MR) is 152 cm³/mol. The molecule has 1 aliphatic heterocycles. The van der Waals surface area contributed by atoms with Gasteiger partial charge in [0.25, 0.3) is 5.56 Å². The lowest BCUT2D eigenvalue weighted by Crippen LogP contribution is -2.49. The van der Waals surface area contributed by atoms with E-state index >= 15 is 0 Å². The molecule has 1 amide bonds. The summed E-state index contributed by atoms with van der Waals surface area (Å²) in [5.41, 5.74) is 3.53. The molecule has 1 aliphatic rings. The van der Waals surface area contributed by atoms with Gasteiger partial charge in [-0.25, -0.2) is 4.98 Å². The third kappa shape index (κ3) is 4.50. The van der Waals surface area contributed by atoms with Crippen molar-refractivity contribution in [3.63, 3.8) is 0 Å². The summed E-state index contributed by atoms with van der Waals surface area (Å²) in [5, 5.41) is 1.36. The number of benzene rings is 3. The number of thioether (sulfide) groups is 1. The largest absolute Gasteiger partial charge is 0.497 e. The van der Waals surface area contributed by atoms with Gasteiger partial charge in [-0.05, 0) is 42.5 Å². The Bertz CT molecular complexity index is 1660. The van der Waals surface area contributed by atoms with Crippen molar-refractivity contribution in [1.29, 1.82) is 0 Å². The van der Waals surface area contributed by atoms with Crippen molar-refractivity contribution in [2.75, 3.05) is 43.9 Å². The molecule has 0 unspecified atom stereocenters. The van der Waals surface area contributed by atoms with E-state index in [1.807, 2.05) is 71.6 Å². The van der Waals surface area contributed by atoms with Gasteiger partial charge >= 0.3 is 0 Å². The molecule has 0 aliphatic carbocycles. The van der Waals surface area contributed by atoms with Crippen molar-refractivity contribution >= 4 is 45.3 Å². The molecule has 9 heteroatoms. The van der Waals surface area contributed by atoms with Crippen LogP contribution in [-0.2, 0) is 4.79 Å². The van der Waals surface area contributed by atoms with Gasteiger partial charge in [0.2, 0.25) is 5.91 Å². The Hall–Kier alpha value is -4.24. The Morgan fingerprint density at radius 2 is 1.63 bits per heavy atom. The number of piperazine rings is 1. The maximum atomic E-state index is 13.7. The summed E-state index contributed by atoms with van der Waals surface area (Å²) in [6.45, 7) is 2.90. The van der Waals surface area contributed by atoms with Gasteiger partial charge in [-0.2, -0.15) is 0 Å². The molecule has 1 fully saturated rings. The maximum absolute atomic E-state index is 13.7. The van der Waals surface area contributed by atoms with Crippen molar-refractivity contribution < 1.29 is 9.53 Å². The fraction of sp³-hybridized carbons (Fsp3) is 0.207. The van der Waals surface area contributed by atoms with E-state index < -0.39 is 0 Å². The number of hydrogen-bond acceptors (Lipinski definition) is 6. The first-order chi connectivity index (χ1) is 18.6. The summed E-state index contributed by atoms with van der Waals surface area (Å²) in [4.78, 5) is 39.3. The zero-order valence-electron chi connectivity index (χ0n) is 21.0. The summed E-state index contributed by atoms with van der Waals surface area (Å²) in [5.74, 6) is 0.930. The van der Waals surface area contributed by atoms with Crippen molar-refractivity contribution in [2.24, 2.45) is 0 Å². The summed E-state index contributed by atoms with van der Waals surface area (Å²) in [7, 11) is 1.60. The molecule has 0 atom stereocenters. The molecule has 0 spiro atoms. The Labute approximate surface area is 223 Å². The van der Waals surface area contributed by atoms with Gasteiger partial charge in [0.05, 0.1) is 18.6 Å². The average Bonchev–Trinajstić information content (AvgIpc) is 3.36. The lowest BCUT2D eigenvalue weighted by atomic mass is 10.2. The van der Waals surface area contributed by atoms with Crippen LogP contribution in [0.2, 0.25) is 0 Å². The molecule has 5 aromatic rings. The number of methoxy groups -OCH3 is 1. The summed E-state index contributed by atoms with van der Waals surface area (Å²) < 4.78 is 6.86. The first kappa shape index (κ1) is 24.1. The number of nitrogens with zero attached hydrogens (tertiary/aromatic N) is 4. The predicted octanol–water partition coefficient (Wildman–Crippen LogP) is 4.32. The lowest BCUT2D eigenvalue weighted by molar-refractivity contribution is -0.128. The molecule has 3 aromatic carbocycles. The molecule has 0 radical (unpaired) electrons. The van der Waals surface area contributed by atoms with E-state index in [9.17, 15) is 9.59 Å². The molecule has 1 N–H and O–H groups in total. The average molecular weight is 526 g/mol. The van der Waals surface area contributed by atoms with Crippen LogP contribution < -0.4 is 15.2 Å². The van der Waals surface area contributed by atoms with Crippen LogP contribution in [0, 0.1) is 0 Å². The van der Waals surface area contributed by atoms with Gasteiger partial charge in [0.15, 0.2) is 5.16 Å². The first-order valence-electron chi connectivity index (χ1n) is 12.5.